The second-order valence-corrected chi connectivity index (χ2v) is 6.31. The van der Waals surface area contributed by atoms with E-state index in [1.54, 1.807) is 0 Å². The molecule has 1 N–H and O–H groups in total. The van der Waals surface area contributed by atoms with Gasteiger partial charge < -0.3 is 10.2 Å². The predicted molar refractivity (Wildman–Crippen MR) is 94.8 cm³/mol. The molecule has 1 aliphatic rings. The summed E-state index contributed by atoms with van der Waals surface area (Å²) in [6.07, 6.45) is 1.51. The predicted octanol–water partition coefficient (Wildman–Crippen LogP) is 2.99. The van der Waals surface area contributed by atoms with Crippen LogP contribution in [-0.2, 0) is 22.4 Å². The van der Waals surface area contributed by atoms with Crippen LogP contribution in [0.15, 0.2) is 42.5 Å². The first-order valence-corrected chi connectivity index (χ1v) is 8.63. The zero-order valence-electron chi connectivity index (χ0n) is 14.3. The number of nitrogens with one attached hydrogen (secondary N) is 1. The fraction of sp³-hybridized carbons (Fsp3) is 0.300. The summed E-state index contributed by atoms with van der Waals surface area (Å²) in [5.74, 6) is -1.81. The molecular weight excluding hydrogens is 338 g/mol. The lowest BCUT2D eigenvalue weighted by atomic mass is 10.0. The molecule has 0 unspecified atom stereocenters. The lowest BCUT2D eigenvalue weighted by Gasteiger charge is -2.30. The van der Waals surface area contributed by atoms with Gasteiger partial charge in [-0.15, -0.1) is 0 Å². The van der Waals surface area contributed by atoms with Crippen LogP contribution in [0, 0.1) is 11.6 Å². The first-order chi connectivity index (χ1) is 12.5. The number of anilines is 1. The zero-order chi connectivity index (χ0) is 18.5. The van der Waals surface area contributed by atoms with E-state index in [0.717, 1.165) is 11.6 Å². The van der Waals surface area contributed by atoms with Gasteiger partial charge in [0.15, 0.2) is 0 Å². The maximum absolute atomic E-state index is 14.1. The Morgan fingerprint density at radius 2 is 1.88 bits per heavy atom. The van der Waals surface area contributed by atoms with Crippen molar-refractivity contribution in [2.75, 3.05) is 18.0 Å². The highest BCUT2D eigenvalue weighted by atomic mass is 19.1. The third-order valence-corrected chi connectivity index (χ3v) is 4.37. The SMILES string of the molecule is O=C(Cc1ccccc1)NCCC(=O)N1CCCc2cc(F)cc(F)c21. The maximum Gasteiger partial charge on any atom is 0.228 e. The van der Waals surface area contributed by atoms with E-state index < -0.39 is 11.6 Å². The topological polar surface area (TPSA) is 49.4 Å². The smallest absolute Gasteiger partial charge is 0.228 e. The van der Waals surface area contributed by atoms with Crippen LogP contribution >= 0.6 is 0 Å². The van der Waals surface area contributed by atoms with Gasteiger partial charge in [-0.05, 0) is 30.0 Å². The van der Waals surface area contributed by atoms with Crippen LogP contribution < -0.4 is 10.2 Å². The van der Waals surface area contributed by atoms with Gasteiger partial charge in [-0.3, -0.25) is 9.59 Å². The zero-order valence-corrected chi connectivity index (χ0v) is 14.3. The second kappa shape index (κ2) is 8.08. The molecule has 0 aromatic heterocycles. The lowest BCUT2D eigenvalue weighted by molar-refractivity contribution is -0.121. The normalized spacial score (nSPS) is 13.2. The van der Waals surface area contributed by atoms with Gasteiger partial charge in [-0.2, -0.15) is 0 Å². The highest BCUT2D eigenvalue weighted by Crippen LogP contribution is 2.31. The Hall–Kier alpha value is -2.76. The second-order valence-electron chi connectivity index (χ2n) is 6.31. The van der Waals surface area contributed by atoms with E-state index in [1.165, 1.54) is 11.0 Å². The maximum atomic E-state index is 14.1. The van der Waals surface area contributed by atoms with Gasteiger partial charge in [0, 0.05) is 25.6 Å². The summed E-state index contributed by atoms with van der Waals surface area (Å²) in [7, 11) is 0. The number of carbonyl (C=O) groups is 2. The molecule has 0 saturated carbocycles. The molecule has 0 bridgehead atoms. The molecule has 1 aliphatic heterocycles. The number of aryl methyl sites for hydroxylation is 1. The molecule has 0 saturated heterocycles. The molecule has 6 heteroatoms. The third kappa shape index (κ3) is 4.25. The molecule has 4 nitrogen and oxygen atoms in total. The molecular formula is C20H20F2N2O2. The highest BCUT2D eigenvalue weighted by molar-refractivity contribution is 5.95. The van der Waals surface area contributed by atoms with Crippen LogP contribution in [0.5, 0.6) is 0 Å². The number of rotatable bonds is 5. The van der Waals surface area contributed by atoms with Crippen LogP contribution in [0.3, 0.4) is 0 Å². The van der Waals surface area contributed by atoms with Gasteiger partial charge in [-0.1, -0.05) is 30.3 Å². The first kappa shape index (κ1) is 18.0. The van der Waals surface area contributed by atoms with Crippen LogP contribution in [0.1, 0.15) is 24.0 Å². The molecule has 2 amide bonds. The molecule has 0 atom stereocenters. The largest absolute Gasteiger partial charge is 0.355 e. The first-order valence-electron chi connectivity index (χ1n) is 8.63. The van der Waals surface area contributed by atoms with Gasteiger partial charge in [-0.25, -0.2) is 8.78 Å². The van der Waals surface area contributed by atoms with E-state index in [9.17, 15) is 18.4 Å². The van der Waals surface area contributed by atoms with Crippen molar-refractivity contribution in [2.45, 2.75) is 25.7 Å². The summed E-state index contributed by atoms with van der Waals surface area (Å²) >= 11 is 0. The molecule has 2 aromatic carbocycles. The summed E-state index contributed by atoms with van der Waals surface area (Å²) in [6.45, 7) is 0.575. The quantitative estimate of drug-likeness (QED) is 0.893. The van der Waals surface area contributed by atoms with Crippen LogP contribution in [0.2, 0.25) is 0 Å². The van der Waals surface area contributed by atoms with Crippen molar-refractivity contribution in [3.8, 4) is 0 Å². The Kier molecular flexibility index (Phi) is 5.61. The molecule has 2 aromatic rings. The molecule has 136 valence electrons. The van der Waals surface area contributed by atoms with Crippen molar-refractivity contribution in [1.82, 2.24) is 5.32 Å². The molecule has 0 aliphatic carbocycles. The number of hydrogen-bond donors (Lipinski definition) is 1. The Labute approximate surface area is 150 Å². The number of halogens is 2. The van der Waals surface area contributed by atoms with Gasteiger partial charge in [0.1, 0.15) is 11.6 Å². The van der Waals surface area contributed by atoms with E-state index >= 15 is 0 Å². The van der Waals surface area contributed by atoms with Crippen molar-refractivity contribution < 1.29 is 18.4 Å². The van der Waals surface area contributed by atoms with E-state index in [2.05, 4.69) is 5.32 Å². The minimum Gasteiger partial charge on any atom is -0.355 e. The number of hydrogen-bond acceptors (Lipinski definition) is 2. The summed E-state index contributed by atoms with van der Waals surface area (Å²) in [5, 5.41) is 2.71. The van der Waals surface area contributed by atoms with Crippen LogP contribution in [0.4, 0.5) is 14.5 Å². The van der Waals surface area contributed by atoms with Gasteiger partial charge in [0.05, 0.1) is 12.1 Å². The summed E-state index contributed by atoms with van der Waals surface area (Å²) in [6, 6.07) is 11.4. The summed E-state index contributed by atoms with van der Waals surface area (Å²) in [4.78, 5) is 25.7. The number of benzene rings is 2. The van der Waals surface area contributed by atoms with Crippen molar-refractivity contribution in [2.24, 2.45) is 0 Å². The number of nitrogens with zero attached hydrogens (tertiary/aromatic N) is 1. The monoisotopic (exact) mass is 358 g/mol. The molecule has 0 spiro atoms. The average molecular weight is 358 g/mol. The number of amides is 2. The van der Waals surface area contributed by atoms with E-state index in [-0.39, 0.29) is 36.9 Å². The fourth-order valence-corrected chi connectivity index (χ4v) is 3.19. The number of carbonyl (C=O) groups excluding carboxylic acids is 2. The highest BCUT2D eigenvalue weighted by Gasteiger charge is 2.26. The van der Waals surface area contributed by atoms with Gasteiger partial charge in [0.2, 0.25) is 11.8 Å². The molecule has 0 radical (unpaired) electrons. The number of fused-ring (bicyclic) bond motifs is 1. The Morgan fingerprint density at radius 3 is 2.65 bits per heavy atom. The van der Waals surface area contributed by atoms with Crippen molar-refractivity contribution >= 4 is 17.5 Å². The minimum absolute atomic E-state index is 0.0663. The van der Waals surface area contributed by atoms with E-state index in [4.69, 9.17) is 0 Å². The summed E-state index contributed by atoms with van der Waals surface area (Å²) < 4.78 is 27.5. The van der Waals surface area contributed by atoms with Crippen LogP contribution in [0.25, 0.3) is 0 Å². The minimum atomic E-state index is -0.721. The standard InChI is InChI=1S/C20H20F2N2O2/c21-16-12-15-7-4-10-24(20(15)17(22)13-16)19(26)8-9-23-18(25)11-14-5-2-1-3-6-14/h1-3,5-6,12-13H,4,7-11H2,(H,23,25). The summed E-state index contributed by atoms with van der Waals surface area (Å²) in [5.41, 5.74) is 1.57. The van der Waals surface area contributed by atoms with Crippen molar-refractivity contribution in [3.05, 3.63) is 65.2 Å². The Balaban J connectivity index is 1.56. The van der Waals surface area contributed by atoms with Crippen LogP contribution in [-0.4, -0.2) is 24.9 Å². The Bertz CT molecular complexity index is 809. The average Bonchev–Trinajstić information content (AvgIpc) is 2.61. The van der Waals surface area contributed by atoms with Crippen molar-refractivity contribution in [1.29, 1.82) is 0 Å². The Morgan fingerprint density at radius 1 is 1.12 bits per heavy atom. The molecule has 3 rings (SSSR count). The lowest BCUT2D eigenvalue weighted by Crippen LogP contribution is -2.38. The molecule has 0 fully saturated rings. The van der Waals surface area contributed by atoms with Gasteiger partial charge in [0.25, 0.3) is 0 Å². The van der Waals surface area contributed by atoms with E-state index in [0.29, 0.717) is 24.9 Å². The van der Waals surface area contributed by atoms with Crippen molar-refractivity contribution in [3.63, 3.8) is 0 Å². The van der Waals surface area contributed by atoms with E-state index in [1.807, 2.05) is 30.3 Å². The fourth-order valence-electron chi connectivity index (χ4n) is 3.19. The molecule has 1 heterocycles. The molecule has 26 heavy (non-hydrogen) atoms. The van der Waals surface area contributed by atoms with Gasteiger partial charge >= 0.3 is 0 Å². The third-order valence-electron chi connectivity index (χ3n) is 4.37.